The predicted octanol–water partition coefficient (Wildman–Crippen LogP) is 4.60. The highest BCUT2D eigenvalue weighted by atomic mass is 16.1. The van der Waals surface area contributed by atoms with Crippen molar-refractivity contribution < 1.29 is 4.79 Å². The molecule has 0 radical (unpaired) electrons. The maximum Gasteiger partial charge on any atom is 0.258 e. The number of benzene rings is 2. The number of nitrogens with one attached hydrogen (secondary N) is 1. The van der Waals surface area contributed by atoms with E-state index in [0.29, 0.717) is 17.1 Å². The van der Waals surface area contributed by atoms with Crippen LogP contribution in [0.3, 0.4) is 0 Å². The minimum absolute atomic E-state index is 0.191. The van der Waals surface area contributed by atoms with Crippen LogP contribution in [0.2, 0.25) is 0 Å². The van der Waals surface area contributed by atoms with E-state index in [0.717, 1.165) is 27.7 Å². The zero-order valence-electron chi connectivity index (χ0n) is 15.5. The first-order valence-corrected chi connectivity index (χ1v) is 8.82. The minimum atomic E-state index is -0.191. The lowest BCUT2D eigenvalue weighted by Crippen LogP contribution is -2.17. The molecule has 1 amide bonds. The summed E-state index contributed by atoms with van der Waals surface area (Å²) in [5.41, 5.74) is 5.10. The summed E-state index contributed by atoms with van der Waals surface area (Å²) >= 11 is 0. The van der Waals surface area contributed by atoms with Crippen molar-refractivity contribution >= 4 is 22.6 Å². The van der Waals surface area contributed by atoms with Gasteiger partial charge in [0.15, 0.2) is 0 Å². The SMILES string of the molecule is Cc1ccc2cc(C(=O)Nc3c(C)cnn3-c3ccccc3)c(C)nc2c1. The van der Waals surface area contributed by atoms with Gasteiger partial charge in [0.1, 0.15) is 5.82 Å². The van der Waals surface area contributed by atoms with E-state index in [1.807, 2.05) is 75.4 Å². The first-order chi connectivity index (χ1) is 13.0. The lowest BCUT2D eigenvalue weighted by atomic mass is 10.1. The molecule has 0 aliphatic heterocycles. The van der Waals surface area contributed by atoms with Crippen LogP contribution >= 0.6 is 0 Å². The summed E-state index contributed by atoms with van der Waals surface area (Å²) in [7, 11) is 0. The molecule has 5 heteroatoms. The lowest BCUT2D eigenvalue weighted by molar-refractivity contribution is 0.102. The van der Waals surface area contributed by atoms with Crippen LogP contribution in [0.1, 0.15) is 27.2 Å². The molecule has 0 aliphatic rings. The maximum atomic E-state index is 13.0. The first-order valence-electron chi connectivity index (χ1n) is 8.82. The number of aryl methyl sites for hydroxylation is 3. The van der Waals surface area contributed by atoms with Crippen LogP contribution in [-0.4, -0.2) is 20.7 Å². The average Bonchev–Trinajstić information content (AvgIpc) is 3.02. The highest BCUT2D eigenvalue weighted by Gasteiger charge is 2.16. The zero-order valence-corrected chi connectivity index (χ0v) is 15.5. The molecule has 2 heterocycles. The number of amides is 1. The van der Waals surface area contributed by atoms with Crippen molar-refractivity contribution in [2.45, 2.75) is 20.8 Å². The second-order valence-corrected chi connectivity index (χ2v) is 6.70. The molecule has 0 unspecified atom stereocenters. The van der Waals surface area contributed by atoms with E-state index in [1.54, 1.807) is 10.9 Å². The summed E-state index contributed by atoms with van der Waals surface area (Å²) in [6.45, 7) is 5.82. The number of pyridine rings is 1. The number of nitrogens with zero attached hydrogens (tertiary/aromatic N) is 3. The number of carbonyl (C=O) groups is 1. The second-order valence-electron chi connectivity index (χ2n) is 6.70. The van der Waals surface area contributed by atoms with E-state index in [1.165, 1.54) is 0 Å². The third kappa shape index (κ3) is 3.19. The van der Waals surface area contributed by atoms with Gasteiger partial charge in [0.2, 0.25) is 0 Å². The van der Waals surface area contributed by atoms with Crippen molar-refractivity contribution in [1.82, 2.24) is 14.8 Å². The molecule has 4 rings (SSSR count). The monoisotopic (exact) mass is 356 g/mol. The fourth-order valence-electron chi connectivity index (χ4n) is 3.12. The normalized spacial score (nSPS) is 10.9. The van der Waals surface area contributed by atoms with E-state index >= 15 is 0 Å². The maximum absolute atomic E-state index is 13.0. The number of hydrogen-bond acceptors (Lipinski definition) is 3. The van der Waals surface area contributed by atoms with Crippen molar-refractivity contribution in [2.75, 3.05) is 5.32 Å². The molecule has 27 heavy (non-hydrogen) atoms. The molecule has 2 aromatic heterocycles. The Morgan fingerprint density at radius 1 is 1.00 bits per heavy atom. The molecule has 5 nitrogen and oxygen atoms in total. The molecule has 0 bridgehead atoms. The lowest BCUT2D eigenvalue weighted by Gasteiger charge is -2.12. The quantitative estimate of drug-likeness (QED) is 0.584. The summed E-state index contributed by atoms with van der Waals surface area (Å²) < 4.78 is 1.74. The van der Waals surface area contributed by atoms with Crippen LogP contribution in [0.4, 0.5) is 5.82 Å². The number of carbonyl (C=O) groups excluding carboxylic acids is 1. The van der Waals surface area contributed by atoms with Gasteiger partial charge in [0, 0.05) is 10.9 Å². The molecule has 0 atom stereocenters. The number of para-hydroxylation sites is 1. The van der Waals surface area contributed by atoms with Gasteiger partial charge in [-0.25, -0.2) is 4.68 Å². The molecule has 0 fully saturated rings. The van der Waals surface area contributed by atoms with Crippen LogP contribution in [0.5, 0.6) is 0 Å². The summed E-state index contributed by atoms with van der Waals surface area (Å²) in [5, 5.41) is 8.36. The van der Waals surface area contributed by atoms with Crippen LogP contribution in [0.25, 0.3) is 16.6 Å². The van der Waals surface area contributed by atoms with Gasteiger partial charge >= 0.3 is 0 Å². The van der Waals surface area contributed by atoms with E-state index in [9.17, 15) is 4.79 Å². The Morgan fingerprint density at radius 3 is 2.56 bits per heavy atom. The Kier molecular flexibility index (Phi) is 4.20. The van der Waals surface area contributed by atoms with E-state index < -0.39 is 0 Å². The topological polar surface area (TPSA) is 59.8 Å². The van der Waals surface area contributed by atoms with Gasteiger partial charge in [-0.2, -0.15) is 5.10 Å². The minimum Gasteiger partial charge on any atom is -0.306 e. The Hall–Kier alpha value is -3.47. The number of fused-ring (bicyclic) bond motifs is 1. The molecular formula is C22H20N4O. The average molecular weight is 356 g/mol. The van der Waals surface area contributed by atoms with Crippen molar-refractivity contribution in [3.8, 4) is 5.69 Å². The largest absolute Gasteiger partial charge is 0.306 e. The van der Waals surface area contributed by atoms with Crippen molar-refractivity contribution in [2.24, 2.45) is 0 Å². The zero-order chi connectivity index (χ0) is 19.0. The Balaban J connectivity index is 1.71. The standard InChI is InChI=1S/C22H20N4O/c1-14-9-10-17-12-19(16(3)24-20(17)11-14)22(27)25-21-15(2)13-23-26(21)18-7-5-4-6-8-18/h4-13H,1-3H3,(H,25,27). The van der Waals surface area contributed by atoms with E-state index in [-0.39, 0.29) is 5.91 Å². The number of anilines is 1. The Bertz CT molecular complexity index is 1150. The molecule has 134 valence electrons. The van der Waals surface area contributed by atoms with E-state index in [2.05, 4.69) is 15.4 Å². The third-order valence-electron chi connectivity index (χ3n) is 4.59. The number of hydrogen-bond donors (Lipinski definition) is 1. The molecule has 0 aliphatic carbocycles. The number of aromatic nitrogens is 3. The van der Waals surface area contributed by atoms with Crippen molar-refractivity contribution in [3.63, 3.8) is 0 Å². The first kappa shape index (κ1) is 17.0. The van der Waals surface area contributed by atoms with Crippen LogP contribution < -0.4 is 5.32 Å². The molecule has 4 aromatic rings. The van der Waals surface area contributed by atoms with Crippen LogP contribution in [-0.2, 0) is 0 Å². The molecule has 0 spiro atoms. The van der Waals surface area contributed by atoms with Gasteiger partial charge in [-0.3, -0.25) is 9.78 Å². The van der Waals surface area contributed by atoms with Crippen LogP contribution in [0, 0.1) is 20.8 Å². The highest BCUT2D eigenvalue weighted by molar-refractivity contribution is 6.06. The molecule has 0 saturated heterocycles. The fourth-order valence-corrected chi connectivity index (χ4v) is 3.12. The molecule has 0 saturated carbocycles. The van der Waals surface area contributed by atoms with Gasteiger partial charge < -0.3 is 5.32 Å². The molecule has 2 aromatic carbocycles. The van der Waals surface area contributed by atoms with E-state index in [4.69, 9.17) is 0 Å². The Morgan fingerprint density at radius 2 is 1.78 bits per heavy atom. The van der Waals surface area contributed by atoms with Crippen LogP contribution in [0.15, 0.2) is 60.8 Å². The highest BCUT2D eigenvalue weighted by Crippen LogP contribution is 2.22. The van der Waals surface area contributed by atoms with Gasteiger partial charge in [-0.05, 0) is 50.6 Å². The van der Waals surface area contributed by atoms with Gasteiger partial charge in [-0.15, -0.1) is 0 Å². The summed E-state index contributed by atoms with van der Waals surface area (Å²) in [6, 6.07) is 17.7. The van der Waals surface area contributed by atoms with Gasteiger partial charge in [0.05, 0.1) is 28.7 Å². The van der Waals surface area contributed by atoms with Crippen molar-refractivity contribution in [1.29, 1.82) is 0 Å². The summed E-state index contributed by atoms with van der Waals surface area (Å²) in [6.07, 6.45) is 1.75. The number of rotatable bonds is 3. The Labute approximate surface area is 157 Å². The second kappa shape index (κ2) is 6.68. The molecule has 1 N–H and O–H groups in total. The van der Waals surface area contributed by atoms with Gasteiger partial charge in [-0.1, -0.05) is 30.3 Å². The summed E-state index contributed by atoms with van der Waals surface area (Å²) in [4.78, 5) is 17.6. The molecular weight excluding hydrogens is 336 g/mol. The smallest absolute Gasteiger partial charge is 0.258 e. The van der Waals surface area contributed by atoms with Gasteiger partial charge in [0.25, 0.3) is 5.91 Å². The van der Waals surface area contributed by atoms with Crippen molar-refractivity contribution in [3.05, 3.63) is 83.2 Å². The fraction of sp³-hybridized carbons (Fsp3) is 0.136. The predicted molar refractivity (Wildman–Crippen MR) is 107 cm³/mol. The third-order valence-corrected chi connectivity index (χ3v) is 4.59. The summed E-state index contributed by atoms with van der Waals surface area (Å²) in [5.74, 6) is 0.470.